The van der Waals surface area contributed by atoms with Crippen LogP contribution >= 0.6 is 0 Å². The van der Waals surface area contributed by atoms with Crippen molar-refractivity contribution in [3.05, 3.63) is 88.8 Å². The van der Waals surface area contributed by atoms with Crippen molar-refractivity contribution in [3.8, 4) is 11.5 Å². The van der Waals surface area contributed by atoms with Gasteiger partial charge in [0.2, 0.25) is 5.78 Å². The van der Waals surface area contributed by atoms with Crippen LogP contribution in [0.2, 0.25) is 0 Å². The maximum Gasteiger partial charge on any atom is 0.331 e. The highest BCUT2D eigenvalue weighted by atomic mass is 16.5. The Hall–Kier alpha value is -3.80. The fourth-order valence-electron chi connectivity index (χ4n) is 3.32. The number of benzene rings is 2. The highest BCUT2D eigenvalue weighted by Crippen LogP contribution is 2.26. The van der Waals surface area contributed by atoms with Crippen molar-refractivity contribution in [1.29, 1.82) is 0 Å². The van der Waals surface area contributed by atoms with E-state index in [1.54, 1.807) is 12.1 Å². The molecule has 0 amide bonds. The number of Topliss-reactive ketones (excluding diaryl/α,β-unsaturated/α-hetero) is 1. The molecule has 160 valence electrons. The first-order valence-corrected chi connectivity index (χ1v) is 9.84. The number of ether oxygens (including phenoxy) is 2. The predicted octanol–water partition coefficient (Wildman–Crippen LogP) is 4.31. The largest absolute Gasteiger partial charge is 0.504 e. The van der Waals surface area contributed by atoms with E-state index in [4.69, 9.17) is 9.47 Å². The van der Waals surface area contributed by atoms with Gasteiger partial charge in [-0.2, -0.15) is 0 Å². The molecule has 1 aromatic heterocycles. The van der Waals surface area contributed by atoms with E-state index in [9.17, 15) is 14.7 Å². The molecule has 0 fully saturated rings. The van der Waals surface area contributed by atoms with Gasteiger partial charge < -0.3 is 19.1 Å². The zero-order valence-electron chi connectivity index (χ0n) is 17.8. The van der Waals surface area contributed by atoms with E-state index < -0.39 is 5.97 Å². The van der Waals surface area contributed by atoms with E-state index in [0.29, 0.717) is 23.4 Å². The fourth-order valence-corrected chi connectivity index (χ4v) is 3.32. The standard InChI is InChI=1S/C25H25NO5/c1-17-13-21(18(2)26(17)15-20-7-5-4-6-8-20)23(28)16-31-25(29)12-10-19-9-11-22(27)24(14-19)30-3/h4-14,27H,15-16H2,1-3H3/b12-10+. The number of phenols is 1. The lowest BCUT2D eigenvalue weighted by Gasteiger charge is -2.10. The summed E-state index contributed by atoms with van der Waals surface area (Å²) in [5.41, 5.74) is 4.16. The molecular formula is C25H25NO5. The Kier molecular flexibility index (Phi) is 6.92. The van der Waals surface area contributed by atoms with Gasteiger partial charge in [0.1, 0.15) is 0 Å². The van der Waals surface area contributed by atoms with E-state index in [-0.39, 0.29) is 18.1 Å². The van der Waals surface area contributed by atoms with Crippen molar-refractivity contribution >= 4 is 17.8 Å². The minimum atomic E-state index is -0.626. The van der Waals surface area contributed by atoms with Crippen LogP contribution in [-0.2, 0) is 16.1 Å². The summed E-state index contributed by atoms with van der Waals surface area (Å²) in [4.78, 5) is 24.6. The monoisotopic (exact) mass is 419 g/mol. The topological polar surface area (TPSA) is 77.8 Å². The average molecular weight is 419 g/mol. The van der Waals surface area contributed by atoms with E-state index >= 15 is 0 Å². The van der Waals surface area contributed by atoms with Gasteiger partial charge >= 0.3 is 5.97 Å². The van der Waals surface area contributed by atoms with Crippen LogP contribution in [-0.4, -0.2) is 35.1 Å². The Morgan fingerprint density at radius 1 is 1.06 bits per heavy atom. The smallest absolute Gasteiger partial charge is 0.331 e. The van der Waals surface area contributed by atoms with Crippen molar-refractivity contribution in [2.75, 3.05) is 13.7 Å². The van der Waals surface area contributed by atoms with Gasteiger partial charge in [0.15, 0.2) is 18.1 Å². The number of carbonyl (C=O) groups excluding carboxylic acids is 2. The number of rotatable bonds is 8. The summed E-state index contributed by atoms with van der Waals surface area (Å²) in [5, 5.41) is 9.61. The molecule has 6 heteroatoms. The van der Waals surface area contributed by atoms with E-state index in [0.717, 1.165) is 17.0 Å². The third-order valence-electron chi connectivity index (χ3n) is 5.02. The molecule has 0 aliphatic rings. The highest BCUT2D eigenvalue weighted by Gasteiger charge is 2.17. The summed E-state index contributed by atoms with van der Waals surface area (Å²) < 4.78 is 12.2. The van der Waals surface area contributed by atoms with Crippen LogP contribution in [0.1, 0.15) is 32.9 Å². The maximum absolute atomic E-state index is 12.6. The molecule has 0 saturated carbocycles. The van der Waals surface area contributed by atoms with Gasteiger partial charge in [0.05, 0.1) is 7.11 Å². The van der Waals surface area contributed by atoms with Crippen molar-refractivity contribution in [2.45, 2.75) is 20.4 Å². The summed E-state index contributed by atoms with van der Waals surface area (Å²) in [5.74, 6) is -0.562. The van der Waals surface area contributed by atoms with Crippen LogP contribution in [0.15, 0.2) is 60.7 Å². The number of hydrogen-bond donors (Lipinski definition) is 1. The molecule has 0 bridgehead atoms. The van der Waals surface area contributed by atoms with Crippen molar-refractivity contribution in [1.82, 2.24) is 4.57 Å². The first-order chi connectivity index (χ1) is 14.9. The minimum absolute atomic E-state index is 0.0117. The van der Waals surface area contributed by atoms with Crippen LogP contribution in [0.5, 0.6) is 11.5 Å². The van der Waals surface area contributed by atoms with E-state index in [1.807, 2.05) is 50.2 Å². The second-order valence-electron chi connectivity index (χ2n) is 7.15. The van der Waals surface area contributed by atoms with Gasteiger partial charge in [0, 0.05) is 29.6 Å². The third kappa shape index (κ3) is 5.42. The van der Waals surface area contributed by atoms with Gasteiger partial charge in [0.25, 0.3) is 0 Å². The molecule has 2 aromatic carbocycles. The summed E-state index contributed by atoms with van der Waals surface area (Å²) in [6.07, 6.45) is 2.76. The molecule has 3 aromatic rings. The molecule has 0 unspecified atom stereocenters. The molecule has 0 atom stereocenters. The van der Waals surface area contributed by atoms with Crippen molar-refractivity contribution in [2.24, 2.45) is 0 Å². The number of phenolic OH excluding ortho intramolecular Hbond substituents is 1. The number of hydrogen-bond acceptors (Lipinski definition) is 5. The zero-order valence-corrected chi connectivity index (χ0v) is 17.8. The molecule has 0 aliphatic heterocycles. The van der Waals surface area contributed by atoms with E-state index in [1.165, 1.54) is 25.3 Å². The predicted molar refractivity (Wildman–Crippen MR) is 118 cm³/mol. The van der Waals surface area contributed by atoms with Crippen molar-refractivity contribution in [3.63, 3.8) is 0 Å². The van der Waals surface area contributed by atoms with Gasteiger partial charge in [-0.25, -0.2) is 4.79 Å². The number of esters is 1. The molecule has 1 N–H and O–H groups in total. The normalized spacial score (nSPS) is 10.9. The quantitative estimate of drug-likeness (QED) is 0.335. The molecule has 1 heterocycles. The summed E-state index contributed by atoms with van der Waals surface area (Å²) in [7, 11) is 1.44. The molecule has 0 aliphatic carbocycles. The molecular weight excluding hydrogens is 394 g/mol. The first kappa shape index (κ1) is 21.9. The summed E-state index contributed by atoms with van der Waals surface area (Å²) in [6.45, 7) is 4.18. The van der Waals surface area contributed by atoms with Crippen molar-refractivity contribution < 1.29 is 24.2 Å². The van der Waals surface area contributed by atoms with Gasteiger partial charge in [-0.1, -0.05) is 36.4 Å². The second-order valence-corrected chi connectivity index (χ2v) is 7.15. The Bertz CT molecular complexity index is 1110. The van der Waals surface area contributed by atoms with Crippen LogP contribution in [0.4, 0.5) is 0 Å². The Morgan fingerprint density at radius 2 is 1.81 bits per heavy atom. The van der Waals surface area contributed by atoms with Crippen LogP contribution < -0.4 is 4.74 Å². The molecule has 31 heavy (non-hydrogen) atoms. The molecule has 3 rings (SSSR count). The number of aromatic hydroxyl groups is 1. The number of ketones is 1. The second kappa shape index (κ2) is 9.80. The number of aromatic nitrogens is 1. The molecule has 0 saturated heterocycles. The lowest BCUT2D eigenvalue weighted by molar-refractivity contribution is -0.136. The van der Waals surface area contributed by atoms with Gasteiger partial charge in [-0.15, -0.1) is 0 Å². The number of aryl methyl sites for hydroxylation is 1. The molecule has 0 radical (unpaired) electrons. The van der Waals surface area contributed by atoms with Gasteiger partial charge in [-0.3, -0.25) is 4.79 Å². The number of carbonyl (C=O) groups is 2. The van der Waals surface area contributed by atoms with Gasteiger partial charge in [-0.05, 0) is 49.2 Å². The summed E-state index contributed by atoms with van der Waals surface area (Å²) >= 11 is 0. The number of nitrogens with zero attached hydrogens (tertiary/aromatic N) is 1. The minimum Gasteiger partial charge on any atom is -0.504 e. The lowest BCUT2D eigenvalue weighted by atomic mass is 10.1. The Labute approximate surface area is 181 Å². The van der Waals surface area contributed by atoms with Crippen LogP contribution in [0.3, 0.4) is 0 Å². The Balaban J connectivity index is 1.61. The average Bonchev–Trinajstić information content (AvgIpc) is 3.06. The fraction of sp³-hybridized carbons (Fsp3) is 0.200. The maximum atomic E-state index is 12.6. The zero-order chi connectivity index (χ0) is 22.4. The summed E-state index contributed by atoms with van der Waals surface area (Å²) in [6, 6.07) is 16.5. The SMILES string of the molecule is COc1cc(/C=C/C(=O)OCC(=O)c2cc(C)n(Cc3ccccc3)c2C)ccc1O. The Morgan fingerprint density at radius 3 is 2.52 bits per heavy atom. The number of methoxy groups -OCH3 is 1. The van der Waals surface area contributed by atoms with E-state index in [2.05, 4.69) is 4.57 Å². The van der Waals surface area contributed by atoms with Crippen LogP contribution in [0.25, 0.3) is 6.08 Å². The first-order valence-electron chi connectivity index (χ1n) is 9.84. The molecule has 0 spiro atoms. The highest BCUT2D eigenvalue weighted by molar-refractivity contribution is 6.00. The lowest BCUT2D eigenvalue weighted by Crippen LogP contribution is -2.13. The molecule has 6 nitrogen and oxygen atoms in total. The third-order valence-corrected chi connectivity index (χ3v) is 5.02. The van der Waals surface area contributed by atoms with Crippen LogP contribution in [0, 0.1) is 13.8 Å².